The SMILES string of the molecule is O=C(O)c1cnc2c3c(-c4ccccc4)cc(-c4ccc(Cl)cc4)nc3ncn2c1=O. The molecular formula is C23H13ClN4O3. The van der Waals surface area contributed by atoms with Gasteiger partial charge >= 0.3 is 5.97 Å². The lowest BCUT2D eigenvalue weighted by Crippen LogP contribution is -2.23. The number of rotatable bonds is 3. The van der Waals surface area contributed by atoms with Crippen molar-refractivity contribution in [2.45, 2.75) is 0 Å². The third kappa shape index (κ3) is 3.21. The van der Waals surface area contributed by atoms with Gasteiger partial charge in [-0.05, 0) is 29.3 Å². The highest BCUT2D eigenvalue weighted by atomic mass is 35.5. The summed E-state index contributed by atoms with van der Waals surface area (Å²) in [6, 6.07) is 18.8. The second kappa shape index (κ2) is 7.30. The van der Waals surface area contributed by atoms with Crippen molar-refractivity contribution in [1.29, 1.82) is 0 Å². The molecule has 1 N–H and O–H groups in total. The number of aromatic carboxylic acids is 1. The number of halogens is 1. The van der Waals surface area contributed by atoms with Gasteiger partial charge in [0, 0.05) is 16.8 Å². The minimum Gasteiger partial charge on any atom is -0.477 e. The van der Waals surface area contributed by atoms with Gasteiger partial charge in [-0.1, -0.05) is 54.1 Å². The Bertz CT molecular complexity index is 1530. The zero-order chi connectivity index (χ0) is 21.5. The molecule has 0 fully saturated rings. The van der Waals surface area contributed by atoms with E-state index in [0.29, 0.717) is 21.7 Å². The van der Waals surface area contributed by atoms with Crippen molar-refractivity contribution >= 4 is 34.3 Å². The molecule has 2 aromatic carbocycles. The zero-order valence-electron chi connectivity index (χ0n) is 15.9. The summed E-state index contributed by atoms with van der Waals surface area (Å²) < 4.78 is 1.14. The van der Waals surface area contributed by atoms with Crippen molar-refractivity contribution in [2.75, 3.05) is 0 Å². The van der Waals surface area contributed by atoms with Crippen molar-refractivity contribution in [1.82, 2.24) is 19.4 Å². The number of carboxylic acids is 1. The van der Waals surface area contributed by atoms with Crippen molar-refractivity contribution in [3.8, 4) is 22.4 Å². The Labute approximate surface area is 180 Å². The summed E-state index contributed by atoms with van der Waals surface area (Å²) >= 11 is 6.02. The molecule has 0 bridgehead atoms. The average molecular weight is 429 g/mol. The standard InChI is InChI=1S/C23H13ClN4O3/c24-15-8-6-14(7-9-15)18-10-16(13-4-2-1-3-5-13)19-20(27-18)26-12-28-21(19)25-11-17(22(28)29)23(30)31/h1-12H,(H,30,31). The molecule has 3 heterocycles. The predicted octanol–water partition coefficient (Wildman–Crippen LogP) is 4.32. The molecule has 0 radical (unpaired) electrons. The largest absolute Gasteiger partial charge is 0.477 e. The first-order chi connectivity index (χ1) is 15.0. The van der Waals surface area contributed by atoms with Gasteiger partial charge < -0.3 is 5.11 Å². The monoisotopic (exact) mass is 428 g/mol. The van der Waals surface area contributed by atoms with Gasteiger partial charge in [0.15, 0.2) is 11.3 Å². The van der Waals surface area contributed by atoms with Crippen molar-refractivity contribution < 1.29 is 9.90 Å². The minimum atomic E-state index is -1.34. The minimum absolute atomic E-state index is 0.286. The molecule has 7 nitrogen and oxygen atoms in total. The Morgan fingerprint density at radius 2 is 1.71 bits per heavy atom. The molecule has 0 atom stereocenters. The van der Waals surface area contributed by atoms with Crippen LogP contribution in [0, 0.1) is 0 Å². The first-order valence-electron chi connectivity index (χ1n) is 9.29. The molecule has 0 saturated heterocycles. The van der Waals surface area contributed by atoms with Crippen LogP contribution in [0.25, 0.3) is 39.1 Å². The number of aromatic nitrogens is 4. The maximum Gasteiger partial charge on any atom is 0.342 e. The van der Waals surface area contributed by atoms with Crippen LogP contribution in [0.15, 0.2) is 78.0 Å². The van der Waals surface area contributed by atoms with Crippen LogP contribution in [-0.4, -0.2) is 30.4 Å². The van der Waals surface area contributed by atoms with Crippen molar-refractivity contribution in [2.24, 2.45) is 0 Å². The molecule has 0 aliphatic rings. The van der Waals surface area contributed by atoms with E-state index in [0.717, 1.165) is 27.3 Å². The normalized spacial score (nSPS) is 11.1. The zero-order valence-corrected chi connectivity index (χ0v) is 16.6. The van der Waals surface area contributed by atoms with Gasteiger partial charge in [0.2, 0.25) is 0 Å². The molecule has 0 aliphatic carbocycles. The molecule has 0 saturated carbocycles. The summed E-state index contributed by atoms with van der Waals surface area (Å²) in [6.45, 7) is 0. The number of nitrogens with zero attached hydrogens (tertiary/aromatic N) is 4. The fraction of sp³-hybridized carbons (Fsp3) is 0. The van der Waals surface area contributed by atoms with E-state index < -0.39 is 17.1 Å². The van der Waals surface area contributed by atoms with Crippen molar-refractivity contribution in [3.63, 3.8) is 0 Å². The van der Waals surface area contributed by atoms with Crippen LogP contribution in [0.1, 0.15) is 10.4 Å². The lowest BCUT2D eigenvalue weighted by Gasteiger charge is -2.12. The molecule has 8 heteroatoms. The summed E-state index contributed by atoms with van der Waals surface area (Å²) in [5.41, 5.74) is 2.75. The molecular weight excluding hydrogens is 416 g/mol. The number of pyridine rings is 1. The number of carboxylic acid groups (broad SMARTS) is 1. The predicted molar refractivity (Wildman–Crippen MR) is 117 cm³/mol. The Morgan fingerprint density at radius 1 is 0.968 bits per heavy atom. The van der Waals surface area contributed by atoms with Gasteiger partial charge in [-0.25, -0.2) is 24.1 Å². The lowest BCUT2D eigenvalue weighted by atomic mass is 10.00. The summed E-state index contributed by atoms with van der Waals surface area (Å²) in [6.07, 6.45) is 2.33. The fourth-order valence-electron chi connectivity index (χ4n) is 3.48. The maximum absolute atomic E-state index is 12.7. The molecule has 0 unspecified atom stereocenters. The van der Waals surface area contributed by atoms with Crippen LogP contribution in [0.4, 0.5) is 0 Å². The van der Waals surface area contributed by atoms with Gasteiger partial charge in [0.05, 0.1) is 11.1 Å². The molecule has 0 aliphatic heterocycles. The molecule has 0 amide bonds. The van der Waals surface area contributed by atoms with Crippen LogP contribution in [0.5, 0.6) is 0 Å². The summed E-state index contributed by atoms with van der Waals surface area (Å²) in [7, 11) is 0. The second-order valence-electron chi connectivity index (χ2n) is 6.85. The average Bonchev–Trinajstić information content (AvgIpc) is 2.79. The summed E-state index contributed by atoms with van der Waals surface area (Å²) in [5.74, 6) is -1.34. The molecule has 5 rings (SSSR count). The third-order valence-corrected chi connectivity index (χ3v) is 5.22. The number of carbonyl (C=O) groups is 1. The summed E-state index contributed by atoms with van der Waals surface area (Å²) in [4.78, 5) is 37.3. The highest BCUT2D eigenvalue weighted by Gasteiger charge is 2.18. The van der Waals surface area contributed by atoms with Gasteiger partial charge in [-0.3, -0.25) is 4.79 Å². The van der Waals surface area contributed by atoms with E-state index in [2.05, 4.69) is 15.0 Å². The maximum atomic E-state index is 12.7. The van der Waals surface area contributed by atoms with E-state index in [1.807, 2.05) is 48.5 Å². The molecule has 31 heavy (non-hydrogen) atoms. The third-order valence-electron chi connectivity index (χ3n) is 4.97. The van der Waals surface area contributed by atoms with Gasteiger partial charge in [0.1, 0.15) is 11.9 Å². The Hall–Kier alpha value is -4.10. The van der Waals surface area contributed by atoms with Gasteiger partial charge in [0.25, 0.3) is 5.56 Å². The van der Waals surface area contributed by atoms with Crippen LogP contribution >= 0.6 is 11.6 Å². The van der Waals surface area contributed by atoms with Crippen LogP contribution in [0.3, 0.4) is 0 Å². The fourth-order valence-corrected chi connectivity index (χ4v) is 3.61. The highest BCUT2D eigenvalue weighted by molar-refractivity contribution is 6.30. The lowest BCUT2D eigenvalue weighted by molar-refractivity contribution is 0.0694. The van der Waals surface area contributed by atoms with Crippen molar-refractivity contribution in [3.05, 3.63) is 94.1 Å². The Balaban J connectivity index is 1.89. The van der Waals surface area contributed by atoms with E-state index in [-0.39, 0.29) is 5.65 Å². The van der Waals surface area contributed by atoms with Crippen LogP contribution in [-0.2, 0) is 0 Å². The van der Waals surface area contributed by atoms with E-state index in [1.165, 1.54) is 6.33 Å². The quantitative estimate of drug-likeness (QED) is 0.430. The Morgan fingerprint density at radius 3 is 2.42 bits per heavy atom. The number of hydrogen-bond acceptors (Lipinski definition) is 5. The molecule has 5 aromatic rings. The molecule has 150 valence electrons. The van der Waals surface area contributed by atoms with Crippen LogP contribution in [0.2, 0.25) is 5.02 Å². The first-order valence-corrected chi connectivity index (χ1v) is 9.66. The van der Waals surface area contributed by atoms with E-state index >= 15 is 0 Å². The van der Waals surface area contributed by atoms with Gasteiger partial charge in [-0.2, -0.15) is 0 Å². The highest BCUT2D eigenvalue weighted by Crippen LogP contribution is 2.33. The molecule has 0 spiro atoms. The van der Waals surface area contributed by atoms with E-state index in [4.69, 9.17) is 11.6 Å². The number of benzene rings is 2. The van der Waals surface area contributed by atoms with Gasteiger partial charge in [-0.15, -0.1) is 0 Å². The second-order valence-corrected chi connectivity index (χ2v) is 7.28. The Kier molecular flexibility index (Phi) is 4.45. The smallest absolute Gasteiger partial charge is 0.342 e. The van der Waals surface area contributed by atoms with E-state index in [1.54, 1.807) is 12.1 Å². The molecule has 3 aromatic heterocycles. The summed E-state index contributed by atoms with van der Waals surface area (Å²) in [5, 5.41) is 10.4. The number of hydrogen-bond donors (Lipinski definition) is 1. The van der Waals surface area contributed by atoms with Crippen LogP contribution < -0.4 is 5.56 Å². The topological polar surface area (TPSA) is 97.4 Å². The first kappa shape index (κ1) is 18.9. The van der Waals surface area contributed by atoms with E-state index in [9.17, 15) is 14.7 Å². The number of fused-ring (bicyclic) bond motifs is 3.